The van der Waals surface area contributed by atoms with Crippen molar-refractivity contribution in [2.45, 2.75) is 109 Å². The summed E-state index contributed by atoms with van der Waals surface area (Å²) in [7, 11) is 0. The Kier molecular flexibility index (Phi) is 9.27. The van der Waals surface area contributed by atoms with Crippen molar-refractivity contribution in [3.05, 3.63) is 36.0 Å². The molecule has 3 saturated heterocycles. The Bertz CT molecular complexity index is 814. The number of rotatable bonds is 9. The lowest BCUT2D eigenvalue weighted by atomic mass is 9.88. The van der Waals surface area contributed by atoms with Crippen LogP contribution in [0.1, 0.15) is 66.7 Å². The molecule has 0 bridgehead atoms. The van der Waals surface area contributed by atoms with Crippen LogP contribution in [0, 0.1) is 5.92 Å². The summed E-state index contributed by atoms with van der Waals surface area (Å²) in [5.74, 6) is 0.353. The Balaban J connectivity index is 1.49. The number of nitrogens with two attached hydrogens (primary N) is 1. The summed E-state index contributed by atoms with van der Waals surface area (Å²) in [6.45, 7) is 10.5. The lowest BCUT2D eigenvalue weighted by Gasteiger charge is -2.39. The zero-order valence-corrected chi connectivity index (χ0v) is 21.3. The van der Waals surface area contributed by atoms with Crippen LogP contribution in [0.5, 0.6) is 0 Å². The van der Waals surface area contributed by atoms with Gasteiger partial charge in [-0.3, -0.25) is 9.59 Å². The summed E-state index contributed by atoms with van der Waals surface area (Å²) in [6.07, 6.45) is 13.3. The number of Topliss-reactive ketones (excluding diaryl/α,β-unsaturated/α-hetero) is 1. The van der Waals surface area contributed by atoms with E-state index in [2.05, 4.69) is 37.4 Å². The van der Waals surface area contributed by atoms with Gasteiger partial charge < -0.3 is 25.3 Å². The molecule has 0 aromatic rings. The van der Waals surface area contributed by atoms with Gasteiger partial charge in [0.1, 0.15) is 5.78 Å². The SMILES string of the molecule is CC(=O)C[C@@H]1C[C@@]2(CO2)C[C@@H](/C=C/C(C)=C/C[C@@H]2O[C@H](C)[C@H](NC(=O)/C=C\[C@@H](C)N)C[C@@H]2C)O1. The standard InChI is InChI=1S/C27H42N2O5/c1-17(6-9-22-14-27(16-32-27)15-23(34-22)13-20(4)30)7-10-25-18(2)12-24(21(5)33-25)29-26(31)11-8-19(3)28/h6-9,11,18-19,21-25H,10,12-16,28H2,1-5H3,(H,29,31)/b9-6+,11-8-,17-7+/t18-,19+,21+,22+,23+,24+,25-,27+/m0/s1. The van der Waals surface area contributed by atoms with Crippen molar-refractivity contribution in [2.24, 2.45) is 11.7 Å². The number of nitrogens with one attached hydrogen (secondary N) is 1. The molecule has 3 aliphatic rings. The van der Waals surface area contributed by atoms with E-state index in [0.717, 1.165) is 37.9 Å². The zero-order valence-electron chi connectivity index (χ0n) is 21.3. The average molecular weight is 475 g/mol. The van der Waals surface area contributed by atoms with Crippen molar-refractivity contribution in [3.63, 3.8) is 0 Å². The summed E-state index contributed by atoms with van der Waals surface area (Å²) in [5.41, 5.74) is 6.74. The quantitative estimate of drug-likeness (QED) is 0.302. The fourth-order valence-corrected chi connectivity index (χ4v) is 4.91. The Labute approximate surface area is 204 Å². The number of epoxide rings is 1. The van der Waals surface area contributed by atoms with Crippen molar-refractivity contribution in [1.29, 1.82) is 0 Å². The van der Waals surface area contributed by atoms with Crippen LogP contribution in [0.25, 0.3) is 0 Å². The number of ketones is 1. The third-order valence-electron chi connectivity index (χ3n) is 6.95. The minimum Gasteiger partial charge on any atom is -0.373 e. The molecule has 8 atom stereocenters. The van der Waals surface area contributed by atoms with Gasteiger partial charge in [-0.15, -0.1) is 0 Å². The normalized spacial score (nSPS) is 37.3. The summed E-state index contributed by atoms with van der Waals surface area (Å²) >= 11 is 0. The Hall–Kier alpha value is -1.80. The minimum absolute atomic E-state index is 0.00943. The second-order valence-electron chi connectivity index (χ2n) is 10.6. The lowest BCUT2D eigenvalue weighted by Crippen LogP contribution is -2.50. The molecule has 3 N–H and O–H groups in total. The molecule has 0 radical (unpaired) electrons. The number of hydrogen-bond acceptors (Lipinski definition) is 6. The molecule has 34 heavy (non-hydrogen) atoms. The summed E-state index contributed by atoms with van der Waals surface area (Å²) in [5, 5.41) is 3.05. The second kappa shape index (κ2) is 11.8. The maximum Gasteiger partial charge on any atom is 0.244 e. The molecule has 3 heterocycles. The van der Waals surface area contributed by atoms with E-state index in [9.17, 15) is 9.59 Å². The van der Waals surface area contributed by atoms with Gasteiger partial charge in [0.15, 0.2) is 0 Å². The fraction of sp³-hybridized carbons (Fsp3) is 0.704. The highest BCUT2D eigenvalue weighted by Gasteiger charge is 2.51. The predicted molar refractivity (Wildman–Crippen MR) is 132 cm³/mol. The number of ether oxygens (including phenoxy) is 3. The van der Waals surface area contributed by atoms with Crippen molar-refractivity contribution >= 4 is 11.7 Å². The van der Waals surface area contributed by atoms with Crippen LogP contribution in [0.3, 0.4) is 0 Å². The van der Waals surface area contributed by atoms with Gasteiger partial charge in [0, 0.05) is 31.4 Å². The van der Waals surface area contributed by atoms with E-state index in [4.69, 9.17) is 19.9 Å². The summed E-state index contributed by atoms with van der Waals surface area (Å²) in [6, 6.07) is -0.155. The van der Waals surface area contributed by atoms with Crippen LogP contribution in [-0.2, 0) is 23.8 Å². The highest BCUT2D eigenvalue weighted by atomic mass is 16.6. The first-order valence-electron chi connectivity index (χ1n) is 12.6. The molecule has 3 aliphatic heterocycles. The lowest BCUT2D eigenvalue weighted by molar-refractivity contribution is -0.124. The first-order chi connectivity index (χ1) is 16.0. The van der Waals surface area contributed by atoms with E-state index in [1.165, 1.54) is 6.08 Å². The van der Waals surface area contributed by atoms with Crippen LogP contribution < -0.4 is 11.1 Å². The number of carbonyl (C=O) groups is 2. The van der Waals surface area contributed by atoms with Crippen molar-refractivity contribution < 1.29 is 23.8 Å². The maximum atomic E-state index is 12.1. The number of allylic oxidation sites excluding steroid dienone is 2. The molecule has 7 nitrogen and oxygen atoms in total. The third-order valence-corrected chi connectivity index (χ3v) is 6.95. The van der Waals surface area contributed by atoms with Gasteiger partial charge in [-0.2, -0.15) is 0 Å². The monoisotopic (exact) mass is 474 g/mol. The largest absolute Gasteiger partial charge is 0.373 e. The van der Waals surface area contributed by atoms with E-state index >= 15 is 0 Å². The molecule has 0 aliphatic carbocycles. The minimum atomic E-state index is -0.145. The van der Waals surface area contributed by atoms with Crippen LogP contribution in [-0.4, -0.2) is 60.4 Å². The second-order valence-corrected chi connectivity index (χ2v) is 10.6. The molecule has 1 amide bonds. The molecule has 7 heteroatoms. The van der Waals surface area contributed by atoms with E-state index < -0.39 is 0 Å². The Morgan fingerprint density at radius 3 is 2.56 bits per heavy atom. The summed E-state index contributed by atoms with van der Waals surface area (Å²) < 4.78 is 18.1. The molecule has 0 unspecified atom stereocenters. The van der Waals surface area contributed by atoms with Crippen molar-refractivity contribution in [1.82, 2.24) is 5.32 Å². The number of amides is 1. The molecular weight excluding hydrogens is 432 g/mol. The van der Waals surface area contributed by atoms with Crippen molar-refractivity contribution in [2.75, 3.05) is 6.61 Å². The Morgan fingerprint density at radius 1 is 1.18 bits per heavy atom. The predicted octanol–water partition coefficient (Wildman–Crippen LogP) is 3.38. The van der Waals surface area contributed by atoms with Gasteiger partial charge in [0.2, 0.25) is 5.91 Å². The van der Waals surface area contributed by atoms with Gasteiger partial charge >= 0.3 is 0 Å². The van der Waals surface area contributed by atoms with Gasteiger partial charge in [0.05, 0.1) is 42.7 Å². The fourth-order valence-electron chi connectivity index (χ4n) is 4.91. The molecule has 3 fully saturated rings. The van der Waals surface area contributed by atoms with Crippen LogP contribution >= 0.6 is 0 Å². The first kappa shape index (κ1) is 26.8. The highest BCUT2D eigenvalue weighted by molar-refractivity contribution is 5.87. The van der Waals surface area contributed by atoms with E-state index in [1.54, 1.807) is 13.0 Å². The molecule has 1 spiro atoms. The molecular formula is C27H42N2O5. The molecule has 190 valence electrons. The molecule has 0 aromatic heterocycles. The van der Waals surface area contributed by atoms with Crippen LogP contribution in [0.2, 0.25) is 0 Å². The van der Waals surface area contributed by atoms with E-state index in [-0.39, 0.29) is 53.8 Å². The Morgan fingerprint density at radius 2 is 1.91 bits per heavy atom. The first-order valence-corrected chi connectivity index (χ1v) is 12.6. The molecule has 0 saturated carbocycles. The van der Waals surface area contributed by atoms with Gasteiger partial charge in [-0.05, 0) is 46.5 Å². The maximum absolute atomic E-state index is 12.1. The summed E-state index contributed by atoms with van der Waals surface area (Å²) in [4.78, 5) is 23.7. The highest BCUT2D eigenvalue weighted by Crippen LogP contribution is 2.43. The van der Waals surface area contributed by atoms with Crippen LogP contribution in [0.15, 0.2) is 36.0 Å². The van der Waals surface area contributed by atoms with Gasteiger partial charge in [0.25, 0.3) is 0 Å². The number of hydrogen-bond donors (Lipinski definition) is 2. The zero-order chi connectivity index (χ0) is 24.9. The van der Waals surface area contributed by atoms with Gasteiger partial charge in [-0.1, -0.05) is 36.8 Å². The van der Waals surface area contributed by atoms with Crippen molar-refractivity contribution in [3.8, 4) is 0 Å². The smallest absolute Gasteiger partial charge is 0.244 e. The molecule has 0 aromatic carbocycles. The third kappa shape index (κ3) is 8.15. The van der Waals surface area contributed by atoms with E-state index in [1.807, 2.05) is 13.8 Å². The topological polar surface area (TPSA) is 103 Å². The van der Waals surface area contributed by atoms with Crippen LogP contribution in [0.4, 0.5) is 0 Å². The average Bonchev–Trinajstić information content (AvgIpc) is 3.49. The molecule has 3 rings (SSSR count). The number of carbonyl (C=O) groups excluding carboxylic acids is 2. The van der Waals surface area contributed by atoms with E-state index in [0.29, 0.717) is 12.3 Å². The van der Waals surface area contributed by atoms with Gasteiger partial charge in [-0.25, -0.2) is 0 Å².